The second kappa shape index (κ2) is 5.43. The lowest BCUT2D eigenvalue weighted by molar-refractivity contribution is 1.22. The Morgan fingerprint density at radius 1 is 1.29 bits per heavy atom. The standard InChI is InChI=1S/C14H18/c1-4-6-10-13(5-2)14-11-8-7-9-12(14)3/h4,6-11H,5H2,1-3H3/b6-4-,13-10+. The minimum Gasteiger partial charge on any atom is -0.0877 e. The van der Waals surface area contributed by atoms with E-state index in [0.29, 0.717) is 0 Å². The minimum atomic E-state index is 1.08. The second-order valence-electron chi connectivity index (χ2n) is 3.39. The van der Waals surface area contributed by atoms with Gasteiger partial charge in [-0.1, -0.05) is 49.4 Å². The van der Waals surface area contributed by atoms with E-state index in [1.165, 1.54) is 16.7 Å². The summed E-state index contributed by atoms with van der Waals surface area (Å²) in [5.74, 6) is 0. The zero-order valence-electron chi connectivity index (χ0n) is 9.25. The largest absolute Gasteiger partial charge is 0.0877 e. The van der Waals surface area contributed by atoms with Gasteiger partial charge in [0.15, 0.2) is 0 Å². The molecule has 0 heteroatoms. The molecular weight excluding hydrogens is 168 g/mol. The number of hydrogen-bond donors (Lipinski definition) is 0. The molecule has 1 aromatic rings. The topological polar surface area (TPSA) is 0 Å². The van der Waals surface area contributed by atoms with Crippen LogP contribution in [-0.4, -0.2) is 0 Å². The van der Waals surface area contributed by atoms with Gasteiger partial charge < -0.3 is 0 Å². The molecule has 0 fully saturated rings. The number of rotatable bonds is 3. The third-order valence-corrected chi connectivity index (χ3v) is 2.36. The van der Waals surface area contributed by atoms with Crippen molar-refractivity contribution in [3.8, 4) is 0 Å². The lowest BCUT2D eigenvalue weighted by Gasteiger charge is -2.07. The molecule has 0 unspecified atom stereocenters. The smallest absolute Gasteiger partial charge is 0.0195 e. The predicted octanol–water partition coefficient (Wildman–Crippen LogP) is 4.36. The van der Waals surface area contributed by atoms with Gasteiger partial charge in [-0.05, 0) is 37.0 Å². The van der Waals surface area contributed by atoms with Crippen molar-refractivity contribution in [3.05, 3.63) is 53.6 Å². The maximum atomic E-state index is 2.20. The molecule has 0 atom stereocenters. The van der Waals surface area contributed by atoms with E-state index in [1.807, 2.05) is 6.92 Å². The maximum Gasteiger partial charge on any atom is -0.0195 e. The van der Waals surface area contributed by atoms with Crippen molar-refractivity contribution < 1.29 is 0 Å². The van der Waals surface area contributed by atoms with E-state index in [-0.39, 0.29) is 0 Å². The van der Waals surface area contributed by atoms with E-state index in [2.05, 4.69) is 56.3 Å². The third kappa shape index (κ3) is 2.59. The molecule has 1 aromatic carbocycles. The maximum absolute atomic E-state index is 2.20. The Morgan fingerprint density at radius 2 is 2.00 bits per heavy atom. The average Bonchev–Trinajstić information content (AvgIpc) is 2.21. The van der Waals surface area contributed by atoms with Crippen LogP contribution in [0.3, 0.4) is 0 Å². The van der Waals surface area contributed by atoms with Crippen molar-refractivity contribution in [1.82, 2.24) is 0 Å². The summed E-state index contributed by atoms with van der Waals surface area (Å²) in [4.78, 5) is 0. The van der Waals surface area contributed by atoms with E-state index < -0.39 is 0 Å². The predicted molar refractivity (Wildman–Crippen MR) is 64.3 cm³/mol. The lowest BCUT2D eigenvalue weighted by Crippen LogP contribution is -1.86. The zero-order valence-corrected chi connectivity index (χ0v) is 9.25. The summed E-state index contributed by atoms with van der Waals surface area (Å²) in [6, 6.07) is 8.53. The van der Waals surface area contributed by atoms with Crippen LogP contribution in [0.15, 0.2) is 42.5 Å². The van der Waals surface area contributed by atoms with Gasteiger partial charge in [-0.3, -0.25) is 0 Å². The van der Waals surface area contributed by atoms with Crippen molar-refractivity contribution in [1.29, 1.82) is 0 Å². The monoisotopic (exact) mass is 186 g/mol. The van der Waals surface area contributed by atoms with E-state index in [9.17, 15) is 0 Å². The van der Waals surface area contributed by atoms with Gasteiger partial charge in [0.05, 0.1) is 0 Å². The van der Waals surface area contributed by atoms with Crippen LogP contribution in [0.4, 0.5) is 0 Å². The summed E-state index contributed by atoms with van der Waals surface area (Å²) in [7, 11) is 0. The molecule has 0 heterocycles. The summed E-state index contributed by atoms with van der Waals surface area (Å²) in [5.41, 5.74) is 4.12. The van der Waals surface area contributed by atoms with Crippen LogP contribution in [0, 0.1) is 6.92 Å². The normalized spacial score (nSPS) is 12.4. The van der Waals surface area contributed by atoms with E-state index in [1.54, 1.807) is 0 Å². The van der Waals surface area contributed by atoms with Crippen LogP contribution >= 0.6 is 0 Å². The molecule has 0 saturated carbocycles. The molecule has 0 bridgehead atoms. The molecule has 0 radical (unpaired) electrons. The molecule has 0 aliphatic rings. The van der Waals surface area contributed by atoms with Crippen LogP contribution in [0.5, 0.6) is 0 Å². The van der Waals surface area contributed by atoms with Gasteiger partial charge in [0, 0.05) is 0 Å². The number of benzene rings is 1. The van der Waals surface area contributed by atoms with E-state index in [4.69, 9.17) is 0 Å². The Hall–Kier alpha value is -1.30. The van der Waals surface area contributed by atoms with Crippen LogP contribution in [0.2, 0.25) is 0 Å². The first kappa shape index (κ1) is 10.8. The minimum absolute atomic E-state index is 1.08. The highest BCUT2D eigenvalue weighted by molar-refractivity contribution is 5.69. The van der Waals surface area contributed by atoms with Gasteiger partial charge >= 0.3 is 0 Å². The Morgan fingerprint density at radius 3 is 2.57 bits per heavy atom. The first-order valence-electron chi connectivity index (χ1n) is 5.17. The quantitative estimate of drug-likeness (QED) is 0.615. The highest BCUT2D eigenvalue weighted by Gasteiger charge is 2.00. The summed E-state index contributed by atoms with van der Waals surface area (Å²) in [6.07, 6.45) is 7.44. The molecule has 0 saturated heterocycles. The van der Waals surface area contributed by atoms with Gasteiger partial charge in [-0.25, -0.2) is 0 Å². The molecule has 0 aliphatic carbocycles. The van der Waals surface area contributed by atoms with Gasteiger partial charge in [0.1, 0.15) is 0 Å². The van der Waals surface area contributed by atoms with Crippen LogP contribution < -0.4 is 0 Å². The molecule has 14 heavy (non-hydrogen) atoms. The summed E-state index contributed by atoms with van der Waals surface area (Å²) >= 11 is 0. The molecule has 0 spiro atoms. The van der Waals surface area contributed by atoms with Crippen molar-refractivity contribution in [3.63, 3.8) is 0 Å². The molecule has 0 aromatic heterocycles. The fourth-order valence-corrected chi connectivity index (χ4v) is 1.54. The molecule has 0 N–H and O–H groups in total. The Bertz CT molecular complexity index is 343. The van der Waals surface area contributed by atoms with Crippen LogP contribution in [-0.2, 0) is 0 Å². The summed E-state index contributed by atoms with van der Waals surface area (Å²) in [6.45, 7) is 6.40. The van der Waals surface area contributed by atoms with Crippen molar-refractivity contribution >= 4 is 5.57 Å². The van der Waals surface area contributed by atoms with Crippen LogP contribution in [0.25, 0.3) is 5.57 Å². The SMILES string of the molecule is C/C=C\C=C(/CC)c1ccccc1C. The van der Waals surface area contributed by atoms with E-state index >= 15 is 0 Å². The molecule has 0 nitrogen and oxygen atoms in total. The third-order valence-electron chi connectivity index (χ3n) is 2.36. The van der Waals surface area contributed by atoms with Crippen molar-refractivity contribution in [2.45, 2.75) is 27.2 Å². The Balaban J connectivity index is 3.07. The van der Waals surface area contributed by atoms with Gasteiger partial charge in [-0.15, -0.1) is 0 Å². The highest BCUT2D eigenvalue weighted by Crippen LogP contribution is 2.21. The number of hydrogen-bond acceptors (Lipinski definition) is 0. The lowest BCUT2D eigenvalue weighted by atomic mass is 9.98. The molecule has 1 rings (SSSR count). The summed E-state index contributed by atoms with van der Waals surface area (Å²) in [5, 5.41) is 0. The second-order valence-corrected chi connectivity index (χ2v) is 3.39. The fraction of sp³-hybridized carbons (Fsp3) is 0.286. The molecule has 74 valence electrons. The van der Waals surface area contributed by atoms with Gasteiger partial charge in [-0.2, -0.15) is 0 Å². The first-order valence-corrected chi connectivity index (χ1v) is 5.17. The fourth-order valence-electron chi connectivity index (χ4n) is 1.54. The molecule has 0 amide bonds. The Kier molecular flexibility index (Phi) is 4.18. The van der Waals surface area contributed by atoms with Crippen LogP contribution in [0.1, 0.15) is 31.4 Å². The number of allylic oxidation sites excluding steroid dienone is 4. The van der Waals surface area contributed by atoms with Crippen molar-refractivity contribution in [2.24, 2.45) is 0 Å². The summed E-state index contributed by atoms with van der Waals surface area (Å²) < 4.78 is 0. The zero-order chi connectivity index (χ0) is 10.4. The average molecular weight is 186 g/mol. The van der Waals surface area contributed by atoms with Gasteiger partial charge in [0.2, 0.25) is 0 Å². The molecule has 0 aliphatic heterocycles. The highest BCUT2D eigenvalue weighted by atomic mass is 14.0. The molecular formula is C14H18. The Labute approximate surface area is 87.0 Å². The van der Waals surface area contributed by atoms with Crippen molar-refractivity contribution in [2.75, 3.05) is 0 Å². The van der Waals surface area contributed by atoms with Gasteiger partial charge in [0.25, 0.3) is 0 Å². The van der Waals surface area contributed by atoms with E-state index in [0.717, 1.165) is 6.42 Å². The number of aryl methyl sites for hydroxylation is 1. The first-order chi connectivity index (χ1) is 6.79.